The maximum Gasteiger partial charge on any atom is 0.147 e. The lowest BCUT2D eigenvalue weighted by Gasteiger charge is -2.19. The average Bonchev–Trinajstić information content (AvgIpc) is 3.22. The van der Waals surface area contributed by atoms with Gasteiger partial charge in [0.15, 0.2) is 0 Å². The predicted molar refractivity (Wildman–Crippen MR) is 144 cm³/mol. The number of aromatic nitrogens is 2. The Kier molecular flexibility index (Phi) is 7.80. The van der Waals surface area contributed by atoms with E-state index < -0.39 is 0 Å². The maximum atomic E-state index is 6.13. The van der Waals surface area contributed by atoms with Crippen molar-refractivity contribution in [1.29, 1.82) is 0 Å². The van der Waals surface area contributed by atoms with Crippen molar-refractivity contribution in [3.05, 3.63) is 89.7 Å². The molecule has 4 aromatic rings. The Morgan fingerprint density at radius 2 is 1.51 bits per heavy atom. The number of ether oxygens (including phenoxy) is 2. The van der Waals surface area contributed by atoms with Crippen molar-refractivity contribution in [3.63, 3.8) is 0 Å². The summed E-state index contributed by atoms with van der Waals surface area (Å²) in [5.41, 5.74) is 4.92. The third-order valence-corrected chi connectivity index (χ3v) is 6.68. The molecule has 0 saturated carbocycles. The van der Waals surface area contributed by atoms with Gasteiger partial charge in [0.2, 0.25) is 0 Å². The van der Waals surface area contributed by atoms with Gasteiger partial charge in [-0.15, -0.1) is 0 Å². The Labute approximate surface area is 209 Å². The minimum atomic E-state index is 0.130. The van der Waals surface area contributed by atoms with E-state index in [0.29, 0.717) is 19.1 Å². The Morgan fingerprint density at radius 1 is 0.857 bits per heavy atom. The molecule has 1 atom stereocenters. The molecule has 4 heteroatoms. The summed E-state index contributed by atoms with van der Waals surface area (Å²) in [7, 11) is 0. The van der Waals surface area contributed by atoms with E-state index in [1.54, 1.807) is 0 Å². The summed E-state index contributed by atoms with van der Waals surface area (Å²) < 4.78 is 14.4. The van der Waals surface area contributed by atoms with Crippen LogP contribution in [0, 0.1) is 0 Å². The summed E-state index contributed by atoms with van der Waals surface area (Å²) in [5, 5.41) is 0. The van der Waals surface area contributed by atoms with Gasteiger partial charge in [0.05, 0.1) is 17.6 Å². The van der Waals surface area contributed by atoms with E-state index >= 15 is 0 Å². The van der Waals surface area contributed by atoms with Crippen molar-refractivity contribution in [1.82, 2.24) is 9.55 Å². The van der Waals surface area contributed by atoms with Crippen LogP contribution in [-0.4, -0.2) is 16.2 Å². The van der Waals surface area contributed by atoms with Crippen molar-refractivity contribution in [2.75, 3.05) is 6.61 Å². The molecule has 0 aliphatic carbocycles. The Bertz CT molecular complexity index is 1220. The summed E-state index contributed by atoms with van der Waals surface area (Å²) in [5.74, 6) is 3.30. The molecule has 0 bridgehead atoms. The molecule has 0 fully saturated rings. The van der Waals surface area contributed by atoms with Crippen LogP contribution >= 0.6 is 0 Å². The first-order valence-corrected chi connectivity index (χ1v) is 12.8. The van der Waals surface area contributed by atoms with Gasteiger partial charge in [-0.2, -0.15) is 0 Å². The third-order valence-electron chi connectivity index (χ3n) is 6.68. The molecule has 0 amide bonds. The zero-order valence-electron chi connectivity index (χ0n) is 21.8. The van der Waals surface area contributed by atoms with E-state index in [2.05, 4.69) is 93.8 Å². The number of hydrogen-bond donors (Lipinski definition) is 0. The molecule has 35 heavy (non-hydrogen) atoms. The molecule has 4 nitrogen and oxygen atoms in total. The summed E-state index contributed by atoms with van der Waals surface area (Å²) in [4.78, 5) is 4.85. The van der Waals surface area contributed by atoms with Gasteiger partial charge in [-0.05, 0) is 71.7 Å². The van der Waals surface area contributed by atoms with Crippen LogP contribution in [0.25, 0.3) is 11.0 Å². The van der Waals surface area contributed by atoms with E-state index in [-0.39, 0.29) is 5.41 Å². The topological polar surface area (TPSA) is 36.3 Å². The van der Waals surface area contributed by atoms with Crippen molar-refractivity contribution in [2.45, 2.75) is 71.9 Å². The molecule has 0 radical (unpaired) electrons. The van der Waals surface area contributed by atoms with Crippen molar-refractivity contribution >= 4 is 11.0 Å². The Hall–Kier alpha value is -3.27. The van der Waals surface area contributed by atoms with E-state index in [9.17, 15) is 0 Å². The van der Waals surface area contributed by atoms with Gasteiger partial charge in [-0.25, -0.2) is 4.98 Å². The first-order chi connectivity index (χ1) is 16.8. The normalized spacial score (nSPS) is 12.6. The van der Waals surface area contributed by atoms with Crippen LogP contribution in [-0.2, 0) is 18.6 Å². The van der Waals surface area contributed by atoms with Gasteiger partial charge in [0.1, 0.15) is 23.9 Å². The number of hydrogen-bond acceptors (Lipinski definition) is 3. The molecule has 0 saturated heterocycles. The standard InChI is InChI=1S/C31H38N2O2/c1-6-23(2)24-12-16-26(17-13-24)34-21-9-20-33-29-11-8-7-10-28(29)32-30(33)22-35-27-18-14-25(15-19-27)31(3,4)5/h7-8,10-19,23H,6,9,20-22H2,1-5H3. The van der Waals surface area contributed by atoms with E-state index in [1.807, 2.05) is 18.2 Å². The van der Waals surface area contributed by atoms with Crippen molar-refractivity contribution in [2.24, 2.45) is 0 Å². The zero-order chi connectivity index (χ0) is 24.8. The van der Waals surface area contributed by atoms with Gasteiger partial charge in [-0.3, -0.25) is 0 Å². The lowest BCUT2D eigenvalue weighted by atomic mass is 9.87. The SMILES string of the molecule is CCC(C)c1ccc(OCCCn2c(COc3ccc(C(C)(C)C)cc3)nc3ccccc32)cc1. The van der Waals surface area contributed by atoms with Crippen LogP contribution in [0.2, 0.25) is 0 Å². The molecule has 0 N–H and O–H groups in total. The Balaban J connectivity index is 1.38. The second-order valence-electron chi connectivity index (χ2n) is 10.3. The fraction of sp³-hybridized carbons (Fsp3) is 0.387. The first-order valence-electron chi connectivity index (χ1n) is 12.8. The number of rotatable bonds is 10. The molecule has 0 spiro atoms. The van der Waals surface area contributed by atoms with Crippen LogP contribution in [0.4, 0.5) is 0 Å². The molecule has 0 aliphatic heterocycles. The monoisotopic (exact) mass is 470 g/mol. The molecule has 184 valence electrons. The number of benzene rings is 3. The highest BCUT2D eigenvalue weighted by Crippen LogP contribution is 2.25. The van der Waals surface area contributed by atoms with E-state index in [1.165, 1.54) is 11.1 Å². The van der Waals surface area contributed by atoms with Crippen LogP contribution in [0.5, 0.6) is 11.5 Å². The number of para-hydroxylation sites is 2. The Morgan fingerprint density at radius 3 is 2.20 bits per heavy atom. The molecule has 1 unspecified atom stereocenters. The highest BCUT2D eigenvalue weighted by atomic mass is 16.5. The first kappa shape index (κ1) is 24.8. The number of imidazole rings is 1. The average molecular weight is 471 g/mol. The summed E-state index contributed by atoms with van der Waals surface area (Å²) in [6, 6.07) is 25.2. The number of fused-ring (bicyclic) bond motifs is 1. The predicted octanol–water partition coefficient (Wildman–Crippen LogP) is 7.90. The maximum absolute atomic E-state index is 6.13. The van der Waals surface area contributed by atoms with Gasteiger partial charge in [-0.1, -0.05) is 71.0 Å². The summed E-state index contributed by atoms with van der Waals surface area (Å²) in [6.45, 7) is 13.0. The van der Waals surface area contributed by atoms with Gasteiger partial charge in [0.25, 0.3) is 0 Å². The van der Waals surface area contributed by atoms with Crippen LogP contribution in [0.1, 0.15) is 70.3 Å². The second-order valence-corrected chi connectivity index (χ2v) is 10.3. The highest BCUT2D eigenvalue weighted by Gasteiger charge is 2.14. The van der Waals surface area contributed by atoms with Crippen molar-refractivity contribution in [3.8, 4) is 11.5 Å². The molecule has 4 rings (SSSR count). The molecule has 1 aromatic heterocycles. The minimum absolute atomic E-state index is 0.130. The highest BCUT2D eigenvalue weighted by molar-refractivity contribution is 5.75. The molecule has 1 heterocycles. The second kappa shape index (κ2) is 11.0. The molecular weight excluding hydrogens is 432 g/mol. The van der Waals surface area contributed by atoms with Gasteiger partial charge < -0.3 is 14.0 Å². The van der Waals surface area contributed by atoms with Crippen LogP contribution < -0.4 is 9.47 Å². The van der Waals surface area contributed by atoms with Crippen LogP contribution in [0.15, 0.2) is 72.8 Å². The summed E-state index contributed by atoms with van der Waals surface area (Å²) >= 11 is 0. The van der Waals surface area contributed by atoms with Crippen LogP contribution in [0.3, 0.4) is 0 Å². The van der Waals surface area contributed by atoms with Gasteiger partial charge >= 0.3 is 0 Å². The lowest BCUT2D eigenvalue weighted by Crippen LogP contribution is -2.11. The number of aryl methyl sites for hydroxylation is 1. The van der Waals surface area contributed by atoms with Crippen molar-refractivity contribution < 1.29 is 9.47 Å². The minimum Gasteiger partial charge on any atom is -0.494 e. The smallest absolute Gasteiger partial charge is 0.147 e. The largest absolute Gasteiger partial charge is 0.494 e. The summed E-state index contributed by atoms with van der Waals surface area (Å²) in [6.07, 6.45) is 2.04. The quantitative estimate of drug-likeness (QED) is 0.221. The zero-order valence-corrected chi connectivity index (χ0v) is 21.8. The molecular formula is C31H38N2O2. The molecule has 3 aromatic carbocycles. The fourth-order valence-electron chi connectivity index (χ4n) is 4.23. The van der Waals surface area contributed by atoms with E-state index in [4.69, 9.17) is 14.5 Å². The molecule has 0 aliphatic rings. The third kappa shape index (κ3) is 6.25. The fourth-order valence-corrected chi connectivity index (χ4v) is 4.23. The van der Waals surface area contributed by atoms with E-state index in [0.717, 1.165) is 47.7 Å². The van der Waals surface area contributed by atoms with Gasteiger partial charge in [0, 0.05) is 6.54 Å². The number of nitrogens with zero attached hydrogens (tertiary/aromatic N) is 2. The lowest BCUT2D eigenvalue weighted by molar-refractivity contribution is 0.280.